The van der Waals surface area contributed by atoms with Crippen LogP contribution in [-0.2, 0) is 34.6 Å². The lowest BCUT2D eigenvalue weighted by atomic mass is 9.48. The molecule has 0 aliphatic heterocycles. The molecule has 3 unspecified atom stereocenters. The first kappa shape index (κ1) is 74.9. The van der Waals surface area contributed by atoms with E-state index in [1.807, 2.05) is 0 Å². The minimum atomic E-state index is -1.25. The highest BCUT2D eigenvalue weighted by atomic mass is 14.9. The molecule has 0 saturated heterocycles. The van der Waals surface area contributed by atoms with Crippen LogP contribution in [0.15, 0.2) is 267 Å². The molecule has 0 spiro atoms. The van der Waals surface area contributed by atoms with Gasteiger partial charge in [0.25, 0.3) is 0 Å². The first-order chi connectivity index (χ1) is 58.3. The molecular formula is C113H128N4+4. The molecule has 8 aromatic carbocycles. The second-order valence-electron chi connectivity index (χ2n) is 38.0. The zero-order valence-electron chi connectivity index (χ0n) is 74.3. The van der Waals surface area contributed by atoms with Gasteiger partial charge < -0.3 is 0 Å². The summed E-state index contributed by atoms with van der Waals surface area (Å²) in [4.78, 5) is 0. The second kappa shape index (κ2) is 34.7. The smallest absolute Gasteiger partial charge is 0.201 e. The van der Waals surface area contributed by atoms with Gasteiger partial charge in [-0.05, 0) is 307 Å². The molecule has 117 heavy (non-hydrogen) atoms. The van der Waals surface area contributed by atoms with Crippen LogP contribution >= 0.6 is 0 Å². The van der Waals surface area contributed by atoms with Gasteiger partial charge in [-0.1, -0.05) is 234 Å². The van der Waals surface area contributed by atoms with E-state index in [9.17, 15) is 2.74 Å². The van der Waals surface area contributed by atoms with Gasteiger partial charge in [0, 0.05) is 74.9 Å². The number of aryl methyl sites for hydroxylation is 8. The number of fused-ring (bicyclic) bond motifs is 3. The average Bonchev–Trinajstić information content (AvgIpc) is 1.02. The van der Waals surface area contributed by atoms with Crippen LogP contribution < -0.4 is 18.3 Å². The molecular weight excluding hydrogens is 1410 g/mol. The lowest BCUT2D eigenvalue weighted by molar-refractivity contribution is -0.660. The van der Waals surface area contributed by atoms with Gasteiger partial charge in [0.2, 0.25) is 22.8 Å². The fraction of sp³-hybridized carbons (Fsp3) is 0.398. The monoisotopic (exact) mass is 1540 g/mol. The third kappa shape index (κ3) is 17.4. The maximum atomic E-state index is 9.28. The molecule has 12 aromatic rings. The Morgan fingerprint density at radius 3 is 0.957 bits per heavy atom. The van der Waals surface area contributed by atoms with E-state index < -0.39 is 6.37 Å². The maximum Gasteiger partial charge on any atom is 0.213 e. The summed E-state index contributed by atoms with van der Waals surface area (Å²) in [7, 11) is 8.46. The highest BCUT2D eigenvalue weighted by Crippen LogP contribution is 2.61. The summed E-state index contributed by atoms with van der Waals surface area (Å²) in [5.41, 5.74) is 30.3. The molecule has 22 rings (SSSR count). The Balaban J connectivity index is 0.000000110. The zero-order chi connectivity index (χ0) is 82.4. The summed E-state index contributed by atoms with van der Waals surface area (Å²) in [6.45, 7) is 8.70. The molecule has 10 saturated carbocycles. The Morgan fingerprint density at radius 2 is 0.590 bits per heavy atom. The first-order valence-corrected chi connectivity index (χ1v) is 45.4. The summed E-state index contributed by atoms with van der Waals surface area (Å²) in [5, 5.41) is 0. The van der Waals surface area contributed by atoms with Crippen molar-refractivity contribution in [3.63, 3.8) is 0 Å². The highest BCUT2D eigenvalue weighted by molar-refractivity contribution is 5.74. The lowest BCUT2D eigenvalue weighted by Crippen LogP contribution is -2.47. The topological polar surface area (TPSA) is 15.5 Å². The van der Waals surface area contributed by atoms with Crippen LogP contribution in [0.3, 0.4) is 0 Å². The minimum absolute atomic E-state index is 0.151. The van der Waals surface area contributed by atoms with Gasteiger partial charge in [0.05, 0.1) is 0 Å². The van der Waals surface area contributed by atoms with Crippen LogP contribution in [0.5, 0.6) is 0 Å². The van der Waals surface area contributed by atoms with E-state index in [4.69, 9.17) is 1.37 Å². The summed E-state index contributed by atoms with van der Waals surface area (Å²) >= 11 is 0. The van der Waals surface area contributed by atoms with Crippen LogP contribution in [0.2, 0.25) is 0 Å². The minimum Gasteiger partial charge on any atom is -0.201 e. The predicted octanol–water partition coefficient (Wildman–Crippen LogP) is 27.0. The quantitative estimate of drug-likeness (QED) is 0.102. The van der Waals surface area contributed by atoms with E-state index in [0.29, 0.717) is 0 Å². The zero-order valence-corrected chi connectivity index (χ0v) is 71.3. The molecule has 0 N–H and O–H groups in total. The Morgan fingerprint density at radius 1 is 0.291 bits per heavy atom. The highest BCUT2D eigenvalue weighted by Gasteiger charge is 2.51. The number of nitrogens with zero attached hydrogens (tertiary/aromatic N) is 4. The van der Waals surface area contributed by atoms with Crippen LogP contribution in [0.1, 0.15) is 214 Å². The van der Waals surface area contributed by atoms with Crippen molar-refractivity contribution in [2.45, 2.75) is 199 Å². The van der Waals surface area contributed by atoms with Gasteiger partial charge in [-0.3, -0.25) is 0 Å². The number of hydrogen-bond acceptors (Lipinski definition) is 0. The van der Waals surface area contributed by atoms with E-state index in [2.05, 4.69) is 342 Å². The van der Waals surface area contributed by atoms with Crippen molar-refractivity contribution in [2.24, 2.45) is 86.9 Å². The van der Waals surface area contributed by atoms with E-state index in [0.717, 1.165) is 108 Å². The molecule has 10 aliphatic carbocycles. The van der Waals surface area contributed by atoms with Crippen LogP contribution in [0.4, 0.5) is 0 Å². The predicted molar refractivity (Wildman–Crippen MR) is 485 cm³/mol. The third-order valence-electron chi connectivity index (χ3n) is 30.4. The van der Waals surface area contributed by atoms with Crippen molar-refractivity contribution in [2.75, 3.05) is 0 Å². The maximum absolute atomic E-state index is 9.28. The molecule has 596 valence electrons. The largest absolute Gasteiger partial charge is 0.213 e. The lowest BCUT2D eigenvalue weighted by Gasteiger charge is -2.57. The molecule has 4 bridgehead atoms. The molecule has 9 atom stereocenters. The molecule has 10 fully saturated rings. The Bertz CT molecular complexity index is 5560. The molecule has 4 heteroatoms. The van der Waals surface area contributed by atoms with Crippen molar-refractivity contribution in [1.29, 1.82) is 0 Å². The van der Waals surface area contributed by atoms with Crippen molar-refractivity contribution < 1.29 is 22.4 Å². The fourth-order valence-corrected chi connectivity index (χ4v) is 24.2. The Labute approximate surface area is 705 Å². The Kier molecular flexibility index (Phi) is 22.2. The SMILES string of the molecule is Cc1ccccc1-c1cc(-c2ccc(C3CC[C@@H]4CCCC[C@H]4C3)cc2)cc[n+]1C.Cc1ccccc1-c1cc(-c2ccc(C3C[C@H]4CCC[C@H]4C3)cc2)cc[n+]1C.[2H]C([2H])(c1ccc(-c2cc[n+](C)c(-c3ccccc3C)c2)cc1)C12CC3CC(CC(C3)C1)C2.[2H]C1(c2ccc(-c3cc[n+](C)c(-c4ccccc4C)c3)cc2)C[C@H]2CCC[C@H]2C1. The summed E-state index contributed by atoms with van der Waals surface area (Å²) in [5.74, 6) is 9.09. The van der Waals surface area contributed by atoms with E-state index in [1.54, 1.807) is 11.1 Å². The second-order valence-corrected chi connectivity index (χ2v) is 38.0. The van der Waals surface area contributed by atoms with Gasteiger partial charge in [-0.25, -0.2) is 18.3 Å². The van der Waals surface area contributed by atoms with E-state index in [1.165, 1.54) is 227 Å². The average molecular weight is 1550 g/mol. The molecule has 10 aliphatic rings. The van der Waals surface area contributed by atoms with Gasteiger partial charge in [-0.15, -0.1) is 0 Å². The first-order valence-electron chi connectivity index (χ1n) is 46.9. The standard InChI is InChI=1S/C30H34N.C29H34N.2C27H30N/c1-21-5-3-4-6-28(21)29-16-27(11-12-31(29)2)26-9-7-22(8-10-26)17-30-18-23-13-24(19-30)15-25(14-23)20-30;1-21-7-3-6-10-28(21)29-20-27(17-18-30(29)2)24-13-11-23(12-14-24)26-16-15-22-8-4-5-9-25(22)19-26;2*1-19-6-3-4-9-26(19)27-18-24(14-15-28(27)2)20-10-12-21(13-11-20)25-16-22-7-5-8-23(22)17-25/h3-12,16,23-25H,13-15,17-20H2,1-2H3;3,6-7,10-14,17-18,20,22,25-26H,4-5,8-9,15-16,19H2,1-2H3;2*3-4,6,9-15,18,22-23,25H,5,7-8,16-17H2,1-2H3/q4*+1/t;22-,25-,26?;2*22-,23+,25?/m.0../s1/i17D2;;25D;. The number of hydrogen-bond donors (Lipinski definition) is 0. The van der Waals surface area contributed by atoms with E-state index in [-0.39, 0.29) is 11.3 Å². The van der Waals surface area contributed by atoms with E-state index >= 15 is 0 Å². The van der Waals surface area contributed by atoms with Gasteiger partial charge in [0.15, 0.2) is 24.8 Å². The molecule has 0 amide bonds. The molecule has 4 aromatic heterocycles. The number of benzene rings is 8. The molecule has 0 radical (unpaired) electrons. The normalized spacial score (nSPS) is 26.2. The number of rotatable bonds is 13. The van der Waals surface area contributed by atoms with Gasteiger partial charge >= 0.3 is 0 Å². The van der Waals surface area contributed by atoms with Gasteiger partial charge in [-0.2, -0.15) is 0 Å². The van der Waals surface area contributed by atoms with Crippen LogP contribution in [0.25, 0.3) is 89.5 Å². The summed E-state index contributed by atoms with van der Waals surface area (Å²) in [6, 6.07) is 88.6. The number of pyridine rings is 4. The van der Waals surface area contributed by atoms with Gasteiger partial charge in [0.1, 0.15) is 28.2 Å². The Hall–Kier alpha value is -9.64. The fourth-order valence-electron chi connectivity index (χ4n) is 24.2. The van der Waals surface area contributed by atoms with Crippen LogP contribution in [-0.4, -0.2) is 0 Å². The molecule has 4 nitrogen and oxygen atoms in total. The number of aromatic nitrogens is 4. The van der Waals surface area contributed by atoms with Crippen molar-refractivity contribution >= 4 is 0 Å². The van der Waals surface area contributed by atoms with Crippen molar-refractivity contribution in [1.82, 2.24) is 0 Å². The summed E-state index contributed by atoms with van der Waals surface area (Å²) < 4.78 is 36.5. The summed E-state index contributed by atoms with van der Waals surface area (Å²) in [6.07, 6.45) is 38.3. The van der Waals surface area contributed by atoms with Crippen molar-refractivity contribution in [3.8, 4) is 89.5 Å². The van der Waals surface area contributed by atoms with Crippen molar-refractivity contribution in [3.05, 3.63) is 312 Å². The third-order valence-corrected chi connectivity index (χ3v) is 30.4. The molecule has 4 heterocycles. The van der Waals surface area contributed by atoms with Crippen LogP contribution in [0, 0.1) is 86.4 Å².